The molecule has 0 bridgehead atoms. The largest absolute Gasteiger partial charge is 0.497 e. The van der Waals surface area contributed by atoms with Crippen molar-refractivity contribution in [3.05, 3.63) is 91.5 Å². The van der Waals surface area contributed by atoms with Crippen LogP contribution in [0.1, 0.15) is 11.1 Å². The van der Waals surface area contributed by atoms with Crippen molar-refractivity contribution in [2.75, 3.05) is 12.0 Å². The quantitative estimate of drug-likeness (QED) is 0.151. The fourth-order valence-corrected chi connectivity index (χ4v) is 4.15. The second-order valence-corrected chi connectivity index (χ2v) is 8.84. The summed E-state index contributed by atoms with van der Waals surface area (Å²) in [6, 6.07) is 8.69. The van der Waals surface area contributed by atoms with Crippen molar-refractivity contribution < 1.29 is 42.0 Å². The molecule has 1 fully saturated rings. The van der Waals surface area contributed by atoms with Crippen LogP contribution in [0, 0.1) is 10.1 Å². The minimum absolute atomic E-state index is 0.00197. The first-order chi connectivity index (χ1) is 18.8. The third kappa shape index (κ3) is 5.70. The molecule has 0 aliphatic carbocycles. The molecule has 0 spiro atoms. The summed E-state index contributed by atoms with van der Waals surface area (Å²) in [5, 5.41) is 13.3. The van der Waals surface area contributed by atoms with Crippen molar-refractivity contribution in [3.8, 4) is 17.2 Å². The van der Waals surface area contributed by atoms with Crippen molar-refractivity contribution >= 4 is 58.5 Å². The van der Waals surface area contributed by atoms with E-state index in [1.165, 1.54) is 43.5 Å². The Bertz CT molecular complexity index is 1590. The summed E-state index contributed by atoms with van der Waals surface area (Å²) in [6.45, 7) is 0. The highest BCUT2D eigenvalue weighted by atomic mass is 35.5. The molecule has 3 aromatic rings. The molecule has 1 saturated heterocycles. The number of urea groups is 1. The molecule has 0 saturated carbocycles. The second-order valence-electron chi connectivity index (χ2n) is 8.00. The zero-order valence-corrected chi connectivity index (χ0v) is 21.4. The number of halogens is 5. The smallest absolute Gasteiger partial charge is 0.416 e. The maximum absolute atomic E-state index is 13.3. The van der Waals surface area contributed by atoms with Gasteiger partial charge in [-0.3, -0.25) is 25.0 Å². The summed E-state index contributed by atoms with van der Waals surface area (Å²) < 4.78 is 49.9. The number of nitrogens with one attached hydrogen (secondary N) is 1. The molecule has 3 aromatic carbocycles. The van der Waals surface area contributed by atoms with E-state index in [9.17, 15) is 37.7 Å². The molecule has 206 valence electrons. The van der Waals surface area contributed by atoms with Crippen LogP contribution in [-0.4, -0.2) is 29.9 Å². The van der Waals surface area contributed by atoms with Crippen molar-refractivity contribution in [2.24, 2.45) is 0 Å². The molecule has 1 heterocycles. The predicted octanol–water partition coefficient (Wildman–Crippen LogP) is 6.39. The molecule has 10 nitrogen and oxygen atoms in total. The predicted molar refractivity (Wildman–Crippen MR) is 137 cm³/mol. The zero-order valence-electron chi connectivity index (χ0n) is 19.9. The summed E-state index contributed by atoms with van der Waals surface area (Å²) in [7, 11) is 1.42. The molecule has 4 amide bonds. The normalized spacial score (nSPS) is 14.8. The van der Waals surface area contributed by atoms with E-state index in [1.54, 1.807) is 0 Å². The van der Waals surface area contributed by atoms with Gasteiger partial charge in [0, 0.05) is 16.7 Å². The Morgan fingerprint density at radius 1 is 1.02 bits per heavy atom. The van der Waals surface area contributed by atoms with E-state index in [0.29, 0.717) is 16.7 Å². The molecule has 0 radical (unpaired) electrons. The standard InChI is InChI=1S/C25H14Cl2F3N3O7/c1-39-16-5-3-15(4-6-16)32-23(35)17(22(34)31-24(32)36)9-12-8-14(26)11-18(27)21(12)40-20-7-2-13(25(28,29)30)10-19(20)33(37)38/h2-11H,1H3,(H,31,34,36)/b17-9+. The van der Waals surface area contributed by atoms with Gasteiger partial charge in [0.05, 0.1) is 28.3 Å². The number of nitrogens with zero attached hydrogens (tertiary/aromatic N) is 2. The maximum Gasteiger partial charge on any atom is 0.416 e. The van der Waals surface area contributed by atoms with Gasteiger partial charge < -0.3 is 9.47 Å². The lowest BCUT2D eigenvalue weighted by molar-refractivity contribution is -0.385. The van der Waals surface area contributed by atoms with Crippen LogP contribution in [0.15, 0.2) is 60.2 Å². The van der Waals surface area contributed by atoms with Gasteiger partial charge in [-0.25, -0.2) is 9.69 Å². The highest BCUT2D eigenvalue weighted by molar-refractivity contribution is 6.40. The number of amides is 4. The van der Waals surface area contributed by atoms with Gasteiger partial charge in [-0.1, -0.05) is 23.2 Å². The summed E-state index contributed by atoms with van der Waals surface area (Å²) in [5.41, 5.74) is -2.93. The summed E-state index contributed by atoms with van der Waals surface area (Å²) >= 11 is 12.3. The van der Waals surface area contributed by atoms with Gasteiger partial charge in [-0.2, -0.15) is 13.2 Å². The molecule has 0 unspecified atom stereocenters. The van der Waals surface area contributed by atoms with Crippen LogP contribution in [0.2, 0.25) is 10.0 Å². The summed E-state index contributed by atoms with van der Waals surface area (Å²) in [4.78, 5) is 49.5. The zero-order chi connectivity index (χ0) is 29.4. The Morgan fingerprint density at radius 3 is 2.30 bits per heavy atom. The average molecular weight is 596 g/mol. The van der Waals surface area contributed by atoms with Crippen LogP contribution in [0.4, 0.5) is 29.3 Å². The lowest BCUT2D eigenvalue weighted by Gasteiger charge is -2.26. The number of hydrogen-bond acceptors (Lipinski definition) is 7. The first kappa shape index (κ1) is 28.4. The molecule has 15 heteroatoms. The van der Waals surface area contributed by atoms with Gasteiger partial charge in [0.1, 0.15) is 11.3 Å². The SMILES string of the molecule is COc1ccc(N2C(=O)NC(=O)/C(=C\c3cc(Cl)cc(Cl)c3Oc3ccc(C(F)(F)F)cc3[N+](=O)[O-])C2=O)cc1. The van der Waals surface area contributed by atoms with Crippen molar-refractivity contribution in [2.45, 2.75) is 6.18 Å². The van der Waals surface area contributed by atoms with E-state index >= 15 is 0 Å². The lowest BCUT2D eigenvalue weighted by Crippen LogP contribution is -2.54. The Labute approximate surface area is 232 Å². The minimum atomic E-state index is -4.86. The van der Waals surface area contributed by atoms with Crippen LogP contribution in [-0.2, 0) is 15.8 Å². The van der Waals surface area contributed by atoms with Crippen LogP contribution in [0.3, 0.4) is 0 Å². The number of carbonyl (C=O) groups is 3. The van der Waals surface area contributed by atoms with Crippen LogP contribution in [0.25, 0.3) is 6.08 Å². The summed E-state index contributed by atoms with van der Waals surface area (Å²) in [6.07, 6.45) is -3.89. The molecular weight excluding hydrogens is 582 g/mol. The first-order valence-corrected chi connectivity index (χ1v) is 11.6. The van der Waals surface area contributed by atoms with Gasteiger partial charge in [-0.15, -0.1) is 0 Å². The Morgan fingerprint density at radius 2 is 1.70 bits per heavy atom. The van der Waals surface area contributed by atoms with E-state index in [1.807, 2.05) is 5.32 Å². The molecule has 0 atom stereocenters. The number of hydrogen-bond donors (Lipinski definition) is 1. The molecule has 1 aliphatic rings. The monoisotopic (exact) mass is 595 g/mol. The molecule has 1 aliphatic heterocycles. The molecular formula is C25H14Cl2F3N3O7. The average Bonchev–Trinajstić information content (AvgIpc) is 2.88. The van der Waals surface area contributed by atoms with Gasteiger partial charge in [-0.05, 0) is 54.6 Å². The first-order valence-electron chi connectivity index (χ1n) is 10.9. The third-order valence-corrected chi connectivity index (χ3v) is 5.96. The molecule has 1 N–H and O–H groups in total. The van der Waals surface area contributed by atoms with Crippen LogP contribution < -0.4 is 19.7 Å². The number of benzene rings is 3. The number of barbiturate groups is 1. The number of carbonyl (C=O) groups excluding carboxylic acids is 3. The Kier molecular flexibility index (Phi) is 7.71. The Hall–Kier alpha value is -4.62. The second kappa shape index (κ2) is 10.9. The van der Waals surface area contributed by atoms with Crippen LogP contribution in [0.5, 0.6) is 17.2 Å². The number of anilines is 1. The van der Waals surface area contributed by atoms with Crippen molar-refractivity contribution in [3.63, 3.8) is 0 Å². The third-order valence-electron chi connectivity index (χ3n) is 5.46. The lowest BCUT2D eigenvalue weighted by atomic mass is 10.1. The van der Waals surface area contributed by atoms with E-state index in [4.69, 9.17) is 32.7 Å². The van der Waals surface area contributed by atoms with E-state index < -0.39 is 51.5 Å². The van der Waals surface area contributed by atoms with E-state index in [0.717, 1.165) is 12.1 Å². The molecule has 40 heavy (non-hydrogen) atoms. The number of methoxy groups -OCH3 is 1. The number of imide groups is 2. The topological polar surface area (TPSA) is 128 Å². The van der Waals surface area contributed by atoms with Gasteiger partial charge in [0.25, 0.3) is 11.8 Å². The fourth-order valence-electron chi connectivity index (χ4n) is 3.61. The maximum atomic E-state index is 13.3. The van der Waals surface area contributed by atoms with E-state index in [2.05, 4.69) is 0 Å². The molecule has 4 rings (SSSR count). The minimum Gasteiger partial charge on any atom is -0.497 e. The highest BCUT2D eigenvalue weighted by Gasteiger charge is 2.37. The van der Waals surface area contributed by atoms with Gasteiger partial charge in [0.15, 0.2) is 5.75 Å². The number of alkyl halides is 3. The number of ether oxygens (including phenoxy) is 2. The van der Waals surface area contributed by atoms with Crippen molar-refractivity contribution in [1.82, 2.24) is 5.32 Å². The summed E-state index contributed by atoms with van der Waals surface area (Å²) in [5.74, 6) is -2.66. The van der Waals surface area contributed by atoms with Crippen LogP contribution >= 0.6 is 23.2 Å². The number of rotatable bonds is 6. The highest BCUT2D eigenvalue weighted by Crippen LogP contribution is 2.42. The Balaban J connectivity index is 1.79. The van der Waals surface area contributed by atoms with Crippen molar-refractivity contribution in [1.29, 1.82) is 0 Å². The molecule has 0 aromatic heterocycles. The number of nitro groups is 1. The van der Waals surface area contributed by atoms with Gasteiger partial charge in [0.2, 0.25) is 5.75 Å². The van der Waals surface area contributed by atoms with E-state index in [-0.39, 0.29) is 33.1 Å². The number of nitro benzene ring substituents is 1. The van der Waals surface area contributed by atoms with Gasteiger partial charge >= 0.3 is 17.9 Å². The fraction of sp³-hybridized carbons (Fsp3) is 0.0800.